The van der Waals surface area contributed by atoms with Crippen molar-refractivity contribution >= 4 is 23.9 Å². The summed E-state index contributed by atoms with van der Waals surface area (Å²) in [4.78, 5) is 55.2. The molecule has 0 aliphatic rings. The van der Waals surface area contributed by atoms with Gasteiger partial charge >= 0.3 is 23.9 Å². The summed E-state index contributed by atoms with van der Waals surface area (Å²) in [6, 6.07) is 0. The molecule has 0 fully saturated rings. The molecule has 438 valence electrons. The monoisotopic (exact) mass is 1050 g/mol. The molecular weight excluding hydrogens is 927 g/mol. The van der Waals surface area contributed by atoms with E-state index in [0.717, 1.165) is 167 Å². The minimum absolute atomic E-state index is 0.0479. The van der Waals surface area contributed by atoms with E-state index in [1.54, 1.807) is 0 Å². The lowest BCUT2D eigenvalue weighted by Gasteiger charge is -2.24. The molecule has 0 rings (SSSR count). The molecule has 0 aromatic heterocycles. The van der Waals surface area contributed by atoms with Crippen molar-refractivity contribution in [3.05, 3.63) is 0 Å². The first kappa shape index (κ1) is 71.8. The largest absolute Gasteiger partial charge is 0.465 e. The Morgan fingerprint density at radius 3 is 0.919 bits per heavy atom. The molecule has 74 heavy (non-hydrogen) atoms. The third kappa shape index (κ3) is 45.9. The SMILES string of the molecule is CCCCCCCCC(CCCCCC)C(=O)OCC(CCCCN(CCO)CCCCC(COC(=O)CCCCCCC)COC(=O)CCCCCCC)COC(=O)C(CCCCCC)CCCCCCCC. The van der Waals surface area contributed by atoms with Crippen LogP contribution in [0.25, 0.3) is 0 Å². The van der Waals surface area contributed by atoms with E-state index in [0.29, 0.717) is 19.4 Å². The molecule has 0 bridgehead atoms. The molecule has 10 nitrogen and oxygen atoms in total. The molecule has 0 saturated carbocycles. The zero-order chi connectivity index (χ0) is 54.4. The van der Waals surface area contributed by atoms with E-state index in [1.165, 1.54) is 103 Å². The van der Waals surface area contributed by atoms with E-state index in [2.05, 4.69) is 46.4 Å². The van der Waals surface area contributed by atoms with Crippen molar-refractivity contribution in [3.8, 4) is 0 Å². The molecule has 2 unspecified atom stereocenters. The highest BCUT2D eigenvalue weighted by Crippen LogP contribution is 2.24. The third-order valence-electron chi connectivity index (χ3n) is 15.2. The molecule has 10 heteroatoms. The topological polar surface area (TPSA) is 129 Å². The number of carbonyl (C=O) groups excluding carboxylic acids is 4. The lowest BCUT2D eigenvalue weighted by Crippen LogP contribution is -2.30. The molecule has 0 aliphatic carbocycles. The van der Waals surface area contributed by atoms with Crippen molar-refractivity contribution in [1.82, 2.24) is 4.90 Å². The van der Waals surface area contributed by atoms with E-state index in [1.807, 2.05) is 0 Å². The summed E-state index contributed by atoms with van der Waals surface area (Å²) in [7, 11) is 0. The van der Waals surface area contributed by atoms with Crippen molar-refractivity contribution in [2.75, 3.05) is 52.7 Å². The minimum atomic E-state index is -0.169. The average molecular weight is 1050 g/mol. The van der Waals surface area contributed by atoms with E-state index in [4.69, 9.17) is 18.9 Å². The molecule has 0 heterocycles. The summed E-state index contributed by atoms with van der Waals surface area (Å²) in [5, 5.41) is 10.0. The predicted octanol–water partition coefficient (Wildman–Crippen LogP) is 17.4. The number of esters is 4. The van der Waals surface area contributed by atoms with Gasteiger partial charge in [-0.1, -0.05) is 234 Å². The van der Waals surface area contributed by atoms with Crippen LogP contribution in [0.5, 0.6) is 0 Å². The number of hydrogen-bond donors (Lipinski definition) is 1. The smallest absolute Gasteiger partial charge is 0.308 e. The van der Waals surface area contributed by atoms with E-state index < -0.39 is 0 Å². The molecule has 0 aromatic carbocycles. The Morgan fingerprint density at radius 1 is 0.324 bits per heavy atom. The molecule has 0 amide bonds. The zero-order valence-electron chi connectivity index (χ0n) is 49.8. The van der Waals surface area contributed by atoms with Gasteiger partial charge in [-0.05, 0) is 77.3 Å². The van der Waals surface area contributed by atoms with Crippen LogP contribution in [0.15, 0.2) is 0 Å². The number of nitrogens with zero attached hydrogens (tertiary/aromatic N) is 1. The number of ether oxygens (including phenoxy) is 4. The van der Waals surface area contributed by atoms with Crippen molar-refractivity contribution < 1.29 is 43.2 Å². The van der Waals surface area contributed by atoms with E-state index in [-0.39, 0.29) is 80.6 Å². The van der Waals surface area contributed by atoms with Gasteiger partial charge in [0.2, 0.25) is 0 Å². The second kappa shape index (κ2) is 55.6. The van der Waals surface area contributed by atoms with Crippen LogP contribution in [0.2, 0.25) is 0 Å². The Kier molecular flexibility index (Phi) is 53.9. The lowest BCUT2D eigenvalue weighted by molar-refractivity contribution is -0.155. The van der Waals surface area contributed by atoms with Crippen molar-refractivity contribution in [2.45, 2.75) is 311 Å². The summed E-state index contributed by atoms with van der Waals surface area (Å²) in [5.74, 6) is -0.760. The Labute approximate surface area is 457 Å². The fourth-order valence-electron chi connectivity index (χ4n) is 10.1. The molecule has 0 aromatic rings. The normalized spacial score (nSPS) is 12.8. The van der Waals surface area contributed by atoms with Gasteiger partial charge in [0.05, 0.1) is 44.9 Å². The van der Waals surface area contributed by atoms with Crippen molar-refractivity contribution in [3.63, 3.8) is 0 Å². The van der Waals surface area contributed by atoms with Crippen LogP contribution in [0.1, 0.15) is 311 Å². The van der Waals surface area contributed by atoms with E-state index in [9.17, 15) is 24.3 Å². The average Bonchev–Trinajstić information content (AvgIpc) is 3.40. The minimum Gasteiger partial charge on any atom is -0.465 e. The number of hydrogen-bond acceptors (Lipinski definition) is 10. The first-order valence-electron chi connectivity index (χ1n) is 32.2. The number of carbonyl (C=O) groups is 4. The lowest BCUT2D eigenvalue weighted by atomic mass is 9.94. The highest BCUT2D eigenvalue weighted by Gasteiger charge is 2.25. The first-order valence-corrected chi connectivity index (χ1v) is 32.2. The van der Waals surface area contributed by atoms with Crippen LogP contribution < -0.4 is 0 Å². The number of rotatable bonds is 58. The van der Waals surface area contributed by atoms with Gasteiger partial charge in [0.25, 0.3) is 0 Å². The number of unbranched alkanes of at least 4 members (excludes halogenated alkanes) is 26. The standard InChI is InChI=1S/C64H123NO9/c1-7-13-19-25-29-33-45-59(43-31-23-17-11-5)63(69)73-55-58(56-74-64(70)60(44-32-24-18-12-6)46-34-30-26-20-14-8-2)42-38-40-50-65(51-52-66)49-39-37-41-57(53-71-61(67)47-35-27-21-15-9-3)54-72-62(68)48-36-28-22-16-10-4/h57-60,66H,7-56H2,1-6H3. The van der Waals surface area contributed by atoms with Gasteiger partial charge in [0, 0.05) is 31.2 Å². The molecule has 0 spiro atoms. The highest BCUT2D eigenvalue weighted by atomic mass is 16.6. The van der Waals surface area contributed by atoms with Gasteiger partial charge in [-0.15, -0.1) is 0 Å². The Hall–Kier alpha value is -2.20. The number of aliphatic hydroxyl groups is 1. The van der Waals surface area contributed by atoms with Crippen LogP contribution in [0.4, 0.5) is 0 Å². The molecule has 2 atom stereocenters. The molecule has 0 saturated heterocycles. The van der Waals surface area contributed by atoms with Crippen LogP contribution >= 0.6 is 0 Å². The summed E-state index contributed by atoms with van der Waals surface area (Å²) >= 11 is 0. The Bertz CT molecular complexity index is 1170. The third-order valence-corrected chi connectivity index (χ3v) is 15.2. The second-order valence-corrected chi connectivity index (χ2v) is 22.4. The Morgan fingerprint density at radius 2 is 0.595 bits per heavy atom. The van der Waals surface area contributed by atoms with Gasteiger partial charge < -0.3 is 29.0 Å². The maximum Gasteiger partial charge on any atom is 0.308 e. The van der Waals surface area contributed by atoms with Crippen molar-refractivity contribution in [2.24, 2.45) is 23.7 Å². The summed E-state index contributed by atoms with van der Waals surface area (Å²) in [5.41, 5.74) is 0. The maximum atomic E-state index is 13.8. The molecule has 0 radical (unpaired) electrons. The first-order chi connectivity index (χ1) is 36.2. The van der Waals surface area contributed by atoms with Crippen molar-refractivity contribution in [1.29, 1.82) is 0 Å². The zero-order valence-corrected chi connectivity index (χ0v) is 49.8. The Balaban J connectivity index is 5.73. The predicted molar refractivity (Wildman–Crippen MR) is 309 cm³/mol. The molecule has 0 aliphatic heterocycles. The van der Waals surface area contributed by atoms with Gasteiger partial charge in [-0.2, -0.15) is 0 Å². The van der Waals surface area contributed by atoms with Crippen LogP contribution in [-0.4, -0.2) is 86.6 Å². The fourth-order valence-corrected chi connectivity index (χ4v) is 10.1. The summed E-state index contributed by atoms with van der Waals surface area (Å²) < 4.78 is 23.9. The van der Waals surface area contributed by atoms with E-state index >= 15 is 0 Å². The van der Waals surface area contributed by atoms with Crippen LogP contribution in [-0.2, 0) is 38.1 Å². The second-order valence-electron chi connectivity index (χ2n) is 22.4. The van der Waals surface area contributed by atoms with Crippen LogP contribution in [0.3, 0.4) is 0 Å². The molecular formula is C64H123NO9. The van der Waals surface area contributed by atoms with Gasteiger partial charge in [0.15, 0.2) is 0 Å². The van der Waals surface area contributed by atoms with Gasteiger partial charge in [0.1, 0.15) is 0 Å². The molecule has 1 N–H and O–H groups in total. The summed E-state index contributed by atoms with van der Waals surface area (Å²) in [6.45, 7) is 16.7. The van der Waals surface area contributed by atoms with Gasteiger partial charge in [-0.3, -0.25) is 19.2 Å². The van der Waals surface area contributed by atoms with Gasteiger partial charge in [-0.25, -0.2) is 0 Å². The quantitative estimate of drug-likeness (QED) is 0.0357. The highest BCUT2D eigenvalue weighted by molar-refractivity contribution is 5.73. The fraction of sp³-hybridized carbons (Fsp3) is 0.938. The summed E-state index contributed by atoms with van der Waals surface area (Å²) in [6.07, 6.45) is 43.9. The number of aliphatic hydroxyl groups excluding tert-OH is 1. The maximum absolute atomic E-state index is 13.8. The van der Waals surface area contributed by atoms with Crippen LogP contribution in [0, 0.1) is 23.7 Å².